The zero-order chi connectivity index (χ0) is 13.5. The van der Waals surface area contributed by atoms with Crippen molar-refractivity contribution in [3.8, 4) is 11.5 Å². The SMILES string of the molecule is COc1ccccc1OC(C)CNCc1cccs1. The molecule has 2 aromatic rings. The summed E-state index contributed by atoms with van der Waals surface area (Å²) >= 11 is 1.76. The molecule has 1 N–H and O–H groups in total. The summed E-state index contributed by atoms with van der Waals surface area (Å²) in [6.07, 6.45) is 0.0938. The minimum Gasteiger partial charge on any atom is -0.493 e. The van der Waals surface area contributed by atoms with Crippen LogP contribution in [-0.2, 0) is 6.54 Å². The van der Waals surface area contributed by atoms with Crippen molar-refractivity contribution in [1.82, 2.24) is 5.32 Å². The molecular formula is C15H19NO2S. The quantitative estimate of drug-likeness (QED) is 0.842. The van der Waals surface area contributed by atoms with E-state index in [1.807, 2.05) is 31.2 Å². The Labute approximate surface area is 118 Å². The van der Waals surface area contributed by atoms with E-state index in [9.17, 15) is 0 Å². The maximum atomic E-state index is 5.87. The molecule has 0 aliphatic rings. The number of hydrogen-bond donors (Lipinski definition) is 1. The van der Waals surface area contributed by atoms with Crippen LogP contribution < -0.4 is 14.8 Å². The molecule has 4 heteroatoms. The van der Waals surface area contributed by atoms with Crippen LogP contribution in [0.2, 0.25) is 0 Å². The fraction of sp³-hybridized carbons (Fsp3) is 0.333. The predicted molar refractivity (Wildman–Crippen MR) is 79.1 cm³/mol. The Hall–Kier alpha value is -1.52. The smallest absolute Gasteiger partial charge is 0.161 e. The van der Waals surface area contributed by atoms with Crippen LogP contribution >= 0.6 is 11.3 Å². The summed E-state index contributed by atoms with van der Waals surface area (Å²) in [7, 11) is 1.65. The van der Waals surface area contributed by atoms with E-state index in [4.69, 9.17) is 9.47 Å². The van der Waals surface area contributed by atoms with Crippen molar-refractivity contribution in [2.24, 2.45) is 0 Å². The topological polar surface area (TPSA) is 30.5 Å². The number of methoxy groups -OCH3 is 1. The van der Waals surface area contributed by atoms with Gasteiger partial charge in [0.25, 0.3) is 0 Å². The van der Waals surface area contributed by atoms with Crippen LogP contribution in [0.25, 0.3) is 0 Å². The third-order valence-corrected chi connectivity index (χ3v) is 3.58. The van der Waals surface area contributed by atoms with Crippen molar-refractivity contribution in [1.29, 1.82) is 0 Å². The molecular weight excluding hydrogens is 258 g/mol. The Morgan fingerprint density at radius 2 is 1.95 bits per heavy atom. The predicted octanol–water partition coefficient (Wildman–Crippen LogP) is 3.31. The molecule has 0 spiro atoms. The Morgan fingerprint density at radius 3 is 2.63 bits per heavy atom. The van der Waals surface area contributed by atoms with Crippen LogP contribution in [-0.4, -0.2) is 19.8 Å². The van der Waals surface area contributed by atoms with Crippen LogP contribution in [0, 0.1) is 0 Å². The number of nitrogens with one attached hydrogen (secondary N) is 1. The summed E-state index contributed by atoms with van der Waals surface area (Å²) in [5, 5.41) is 5.48. The summed E-state index contributed by atoms with van der Waals surface area (Å²) in [6.45, 7) is 3.74. The fourth-order valence-corrected chi connectivity index (χ4v) is 2.46. The second kappa shape index (κ2) is 7.16. The van der Waals surface area contributed by atoms with Crippen molar-refractivity contribution in [2.75, 3.05) is 13.7 Å². The summed E-state index contributed by atoms with van der Waals surface area (Å²) < 4.78 is 11.1. The second-order valence-electron chi connectivity index (χ2n) is 4.29. The Kier molecular flexibility index (Phi) is 5.24. The third-order valence-electron chi connectivity index (χ3n) is 2.71. The van der Waals surface area contributed by atoms with Crippen molar-refractivity contribution in [3.63, 3.8) is 0 Å². The summed E-state index contributed by atoms with van der Waals surface area (Å²) in [5.41, 5.74) is 0. The molecule has 1 atom stereocenters. The van der Waals surface area contributed by atoms with Gasteiger partial charge in [-0.1, -0.05) is 18.2 Å². The molecule has 0 fully saturated rings. The lowest BCUT2D eigenvalue weighted by atomic mass is 10.3. The van der Waals surface area contributed by atoms with Crippen LogP contribution in [0.4, 0.5) is 0 Å². The average Bonchev–Trinajstić information content (AvgIpc) is 2.92. The highest BCUT2D eigenvalue weighted by Crippen LogP contribution is 2.26. The highest BCUT2D eigenvalue weighted by molar-refractivity contribution is 7.09. The maximum Gasteiger partial charge on any atom is 0.161 e. The first-order valence-electron chi connectivity index (χ1n) is 6.32. The van der Waals surface area contributed by atoms with Crippen molar-refractivity contribution >= 4 is 11.3 Å². The van der Waals surface area contributed by atoms with Crippen LogP contribution in [0.1, 0.15) is 11.8 Å². The Bertz CT molecular complexity index is 485. The fourth-order valence-electron chi connectivity index (χ4n) is 1.79. The van der Waals surface area contributed by atoms with E-state index in [0.29, 0.717) is 0 Å². The number of rotatable bonds is 7. The maximum absolute atomic E-state index is 5.87. The lowest BCUT2D eigenvalue weighted by molar-refractivity contribution is 0.207. The standard InChI is InChI=1S/C15H19NO2S/c1-12(10-16-11-13-6-5-9-19-13)18-15-8-4-3-7-14(15)17-2/h3-9,12,16H,10-11H2,1-2H3. The number of thiophene rings is 1. The molecule has 0 aliphatic carbocycles. The number of benzene rings is 1. The molecule has 0 radical (unpaired) electrons. The van der Waals surface area contributed by atoms with E-state index < -0.39 is 0 Å². The minimum absolute atomic E-state index is 0.0938. The zero-order valence-corrected chi connectivity index (χ0v) is 12.1. The summed E-state index contributed by atoms with van der Waals surface area (Å²) in [4.78, 5) is 1.34. The molecule has 1 aromatic heterocycles. The van der Waals surface area contributed by atoms with Crippen LogP contribution in [0.3, 0.4) is 0 Å². The molecule has 102 valence electrons. The van der Waals surface area contributed by atoms with Crippen molar-refractivity contribution in [3.05, 3.63) is 46.7 Å². The van der Waals surface area contributed by atoms with Gasteiger partial charge in [-0.05, 0) is 30.5 Å². The molecule has 0 bridgehead atoms. The van der Waals surface area contributed by atoms with Gasteiger partial charge in [0, 0.05) is 18.0 Å². The molecule has 2 rings (SSSR count). The first-order valence-corrected chi connectivity index (χ1v) is 7.20. The van der Waals surface area contributed by atoms with Gasteiger partial charge in [0.1, 0.15) is 6.10 Å². The normalized spacial score (nSPS) is 12.1. The first kappa shape index (κ1) is 13.9. The monoisotopic (exact) mass is 277 g/mol. The van der Waals surface area contributed by atoms with E-state index >= 15 is 0 Å². The molecule has 0 aliphatic heterocycles. The summed E-state index contributed by atoms with van der Waals surface area (Å²) in [5.74, 6) is 1.56. The van der Waals surface area contributed by atoms with E-state index in [0.717, 1.165) is 24.6 Å². The van der Waals surface area contributed by atoms with Gasteiger partial charge in [-0.15, -0.1) is 11.3 Å². The molecule has 1 heterocycles. The average molecular weight is 277 g/mol. The van der Waals surface area contributed by atoms with Crippen molar-refractivity contribution < 1.29 is 9.47 Å². The molecule has 19 heavy (non-hydrogen) atoms. The van der Waals surface area contributed by atoms with Gasteiger partial charge >= 0.3 is 0 Å². The Morgan fingerprint density at radius 1 is 1.16 bits per heavy atom. The molecule has 0 saturated heterocycles. The van der Waals surface area contributed by atoms with Gasteiger partial charge in [-0.25, -0.2) is 0 Å². The van der Waals surface area contributed by atoms with Gasteiger partial charge in [-0.2, -0.15) is 0 Å². The number of para-hydroxylation sites is 2. The largest absolute Gasteiger partial charge is 0.493 e. The van der Waals surface area contributed by atoms with E-state index in [2.05, 4.69) is 22.8 Å². The minimum atomic E-state index is 0.0938. The zero-order valence-electron chi connectivity index (χ0n) is 11.3. The lowest BCUT2D eigenvalue weighted by Crippen LogP contribution is -2.28. The van der Waals surface area contributed by atoms with Crippen LogP contribution in [0.15, 0.2) is 41.8 Å². The van der Waals surface area contributed by atoms with Gasteiger partial charge in [0.05, 0.1) is 7.11 Å². The second-order valence-corrected chi connectivity index (χ2v) is 5.32. The first-order chi connectivity index (χ1) is 9.29. The van der Waals surface area contributed by atoms with E-state index in [1.165, 1.54) is 4.88 Å². The Balaban J connectivity index is 1.79. The molecule has 1 unspecified atom stereocenters. The van der Waals surface area contributed by atoms with Gasteiger partial charge < -0.3 is 14.8 Å². The highest BCUT2D eigenvalue weighted by atomic mass is 32.1. The molecule has 3 nitrogen and oxygen atoms in total. The van der Waals surface area contributed by atoms with E-state index in [-0.39, 0.29) is 6.10 Å². The van der Waals surface area contributed by atoms with Crippen LogP contribution in [0.5, 0.6) is 11.5 Å². The summed E-state index contributed by atoms with van der Waals surface area (Å²) in [6, 6.07) is 11.9. The number of ether oxygens (including phenoxy) is 2. The molecule has 0 saturated carbocycles. The lowest BCUT2D eigenvalue weighted by Gasteiger charge is -2.17. The third kappa shape index (κ3) is 4.26. The molecule has 1 aromatic carbocycles. The molecule has 0 amide bonds. The van der Waals surface area contributed by atoms with Gasteiger partial charge in [-0.3, -0.25) is 0 Å². The highest BCUT2D eigenvalue weighted by Gasteiger charge is 2.08. The van der Waals surface area contributed by atoms with E-state index in [1.54, 1.807) is 18.4 Å². The van der Waals surface area contributed by atoms with Crippen molar-refractivity contribution in [2.45, 2.75) is 19.6 Å². The van der Waals surface area contributed by atoms with Gasteiger partial charge in [0.2, 0.25) is 0 Å². The number of hydrogen-bond acceptors (Lipinski definition) is 4. The van der Waals surface area contributed by atoms with Gasteiger partial charge in [0.15, 0.2) is 11.5 Å².